The van der Waals surface area contributed by atoms with Crippen LogP contribution >= 0.6 is 0 Å². The second kappa shape index (κ2) is 5.58. The number of hydrogen-bond acceptors (Lipinski definition) is 0. The summed E-state index contributed by atoms with van der Waals surface area (Å²) in [6.45, 7) is 9.32. The second-order valence-corrected chi connectivity index (χ2v) is 5.24. The second-order valence-electron chi connectivity index (χ2n) is 5.24. The maximum Gasteiger partial charge on any atom is -0.0295 e. The monoisotopic (exact) mass is 194 g/mol. The van der Waals surface area contributed by atoms with E-state index in [1.54, 1.807) is 5.57 Å². The van der Waals surface area contributed by atoms with Gasteiger partial charge in [-0.25, -0.2) is 0 Å². The highest BCUT2D eigenvalue weighted by atomic mass is 14.3. The van der Waals surface area contributed by atoms with Gasteiger partial charge in [-0.1, -0.05) is 44.8 Å². The van der Waals surface area contributed by atoms with Gasteiger partial charge in [-0.05, 0) is 44.4 Å². The molecule has 3 atom stereocenters. The van der Waals surface area contributed by atoms with Crippen LogP contribution in [-0.2, 0) is 0 Å². The molecule has 0 aromatic heterocycles. The molecule has 0 aliphatic heterocycles. The van der Waals surface area contributed by atoms with E-state index in [1.165, 1.54) is 32.1 Å². The van der Waals surface area contributed by atoms with Crippen molar-refractivity contribution in [3.8, 4) is 0 Å². The Morgan fingerprint density at radius 1 is 1.36 bits per heavy atom. The lowest BCUT2D eigenvalue weighted by Gasteiger charge is -2.33. The summed E-state index contributed by atoms with van der Waals surface area (Å²) in [6.07, 6.45) is 9.44. The van der Waals surface area contributed by atoms with Gasteiger partial charge in [0.05, 0.1) is 0 Å². The molecule has 0 aromatic carbocycles. The van der Waals surface area contributed by atoms with Crippen LogP contribution in [0.1, 0.15) is 59.8 Å². The van der Waals surface area contributed by atoms with Gasteiger partial charge in [0.15, 0.2) is 0 Å². The molecule has 0 nitrogen and oxygen atoms in total. The zero-order chi connectivity index (χ0) is 10.6. The minimum atomic E-state index is 0.890. The molecule has 0 N–H and O–H groups in total. The average molecular weight is 194 g/mol. The molecule has 0 saturated heterocycles. The van der Waals surface area contributed by atoms with E-state index in [2.05, 4.69) is 33.8 Å². The summed E-state index contributed by atoms with van der Waals surface area (Å²) in [5.74, 6) is 2.84. The Hall–Kier alpha value is -0.260. The highest BCUT2D eigenvalue weighted by Crippen LogP contribution is 2.37. The molecule has 0 aromatic rings. The van der Waals surface area contributed by atoms with Crippen LogP contribution < -0.4 is 0 Å². The standard InChI is InChI=1S/C14H26/c1-5-11(2)10-13(4)14-9-7-6-8-12(14)3/h5,12-14H,6-10H2,1-4H3. The van der Waals surface area contributed by atoms with E-state index < -0.39 is 0 Å². The fourth-order valence-electron chi connectivity index (χ4n) is 2.97. The van der Waals surface area contributed by atoms with Gasteiger partial charge in [0.25, 0.3) is 0 Å². The Labute approximate surface area is 89.8 Å². The van der Waals surface area contributed by atoms with Crippen LogP contribution in [0.15, 0.2) is 11.6 Å². The Bertz CT molecular complexity index is 190. The van der Waals surface area contributed by atoms with Gasteiger partial charge in [0, 0.05) is 0 Å². The molecule has 82 valence electrons. The van der Waals surface area contributed by atoms with Gasteiger partial charge < -0.3 is 0 Å². The topological polar surface area (TPSA) is 0 Å². The quantitative estimate of drug-likeness (QED) is 0.566. The first-order valence-corrected chi connectivity index (χ1v) is 6.27. The third kappa shape index (κ3) is 3.15. The van der Waals surface area contributed by atoms with Crippen molar-refractivity contribution in [3.05, 3.63) is 11.6 Å². The fraction of sp³-hybridized carbons (Fsp3) is 0.857. The summed E-state index contributed by atoms with van der Waals surface area (Å²) in [5, 5.41) is 0. The molecular weight excluding hydrogens is 168 g/mol. The van der Waals surface area contributed by atoms with Crippen LogP contribution in [0.5, 0.6) is 0 Å². The molecular formula is C14H26. The average Bonchev–Trinajstić information content (AvgIpc) is 2.18. The fourth-order valence-corrected chi connectivity index (χ4v) is 2.97. The molecule has 0 amide bonds. The summed E-state index contributed by atoms with van der Waals surface area (Å²) in [4.78, 5) is 0. The highest BCUT2D eigenvalue weighted by Gasteiger charge is 2.25. The van der Waals surface area contributed by atoms with Crippen molar-refractivity contribution in [3.63, 3.8) is 0 Å². The molecule has 1 aliphatic carbocycles. The zero-order valence-electron chi connectivity index (χ0n) is 10.3. The smallest absolute Gasteiger partial charge is 0.0295 e. The third-order valence-electron chi connectivity index (χ3n) is 4.05. The van der Waals surface area contributed by atoms with Gasteiger partial charge in [-0.3, -0.25) is 0 Å². The van der Waals surface area contributed by atoms with E-state index in [0.717, 1.165) is 17.8 Å². The van der Waals surface area contributed by atoms with Gasteiger partial charge in [-0.15, -0.1) is 0 Å². The van der Waals surface area contributed by atoms with Crippen LogP contribution in [0.4, 0.5) is 0 Å². The molecule has 0 spiro atoms. The molecule has 0 heterocycles. The van der Waals surface area contributed by atoms with Crippen LogP contribution in [0.3, 0.4) is 0 Å². The van der Waals surface area contributed by atoms with Gasteiger partial charge in [0.1, 0.15) is 0 Å². The predicted molar refractivity (Wildman–Crippen MR) is 64.3 cm³/mol. The molecule has 0 bridgehead atoms. The number of hydrogen-bond donors (Lipinski definition) is 0. The van der Waals surface area contributed by atoms with E-state index >= 15 is 0 Å². The van der Waals surface area contributed by atoms with Gasteiger partial charge >= 0.3 is 0 Å². The van der Waals surface area contributed by atoms with Gasteiger partial charge in [-0.2, -0.15) is 0 Å². The van der Waals surface area contributed by atoms with Crippen molar-refractivity contribution in [1.29, 1.82) is 0 Å². The normalized spacial score (nSPS) is 31.6. The van der Waals surface area contributed by atoms with Crippen LogP contribution in [-0.4, -0.2) is 0 Å². The molecule has 1 aliphatic rings. The first kappa shape index (κ1) is 11.8. The molecule has 1 saturated carbocycles. The van der Waals surface area contributed by atoms with E-state index in [-0.39, 0.29) is 0 Å². The summed E-state index contributed by atoms with van der Waals surface area (Å²) in [5.41, 5.74) is 1.57. The summed E-state index contributed by atoms with van der Waals surface area (Å²) in [6, 6.07) is 0. The Morgan fingerprint density at radius 3 is 2.57 bits per heavy atom. The zero-order valence-corrected chi connectivity index (χ0v) is 10.3. The lowest BCUT2D eigenvalue weighted by Crippen LogP contribution is -2.23. The maximum absolute atomic E-state index is 2.45. The first-order chi connectivity index (χ1) is 6.65. The minimum Gasteiger partial charge on any atom is -0.0887 e. The van der Waals surface area contributed by atoms with Crippen LogP contribution in [0, 0.1) is 17.8 Å². The molecule has 0 heteroatoms. The number of allylic oxidation sites excluding steroid dienone is 2. The highest BCUT2D eigenvalue weighted by molar-refractivity contribution is 4.97. The summed E-state index contributed by atoms with van der Waals surface area (Å²) < 4.78 is 0. The van der Waals surface area contributed by atoms with Crippen molar-refractivity contribution >= 4 is 0 Å². The first-order valence-electron chi connectivity index (χ1n) is 6.27. The molecule has 1 fully saturated rings. The maximum atomic E-state index is 2.45. The van der Waals surface area contributed by atoms with E-state index in [1.807, 2.05) is 0 Å². The van der Waals surface area contributed by atoms with Gasteiger partial charge in [0.2, 0.25) is 0 Å². The van der Waals surface area contributed by atoms with Crippen LogP contribution in [0.2, 0.25) is 0 Å². The van der Waals surface area contributed by atoms with Crippen molar-refractivity contribution in [1.82, 2.24) is 0 Å². The van der Waals surface area contributed by atoms with Crippen LogP contribution in [0.25, 0.3) is 0 Å². The predicted octanol–water partition coefficient (Wildman–Crippen LogP) is 4.81. The Balaban J connectivity index is 2.45. The Morgan fingerprint density at radius 2 is 2.00 bits per heavy atom. The van der Waals surface area contributed by atoms with E-state index in [4.69, 9.17) is 0 Å². The van der Waals surface area contributed by atoms with Crippen molar-refractivity contribution in [2.45, 2.75) is 59.8 Å². The van der Waals surface area contributed by atoms with E-state index in [0.29, 0.717) is 0 Å². The minimum absolute atomic E-state index is 0.890. The third-order valence-corrected chi connectivity index (χ3v) is 4.05. The molecule has 14 heavy (non-hydrogen) atoms. The molecule has 3 unspecified atom stereocenters. The molecule has 1 rings (SSSR count). The summed E-state index contributed by atoms with van der Waals surface area (Å²) in [7, 11) is 0. The van der Waals surface area contributed by atoms with Crippen molar-refractivity contribution in [2.24, 2.45) is 17.8 Å². The van der Waals surface area contributed by atoms with Crippen molar-refractivity contribution < 1.29 is 0 Å². The molecule has 0 radical (unpaired) electrons. The Kier molecular flexibility index (Phi) is 4.71. The SMILES string of the molecule is CC=C(C)CC(C)C1CCCCC1C. The lowest BCUT2D eigenvalue weighted by molar-refractivity contribution is 0.184. The number of rotatable bonds is 3. The van der Waals surface area contributed by atoms with Crippen molar-refractivity contribution in [2.75, 3.05) is 0 Å². The van der Waals surface area contributed by atoms with E-state index in [9.17, 15) is 0 Å². The largest absolute Gasteiger partial charge is 0.0887 e. The summed E-state index contributed by atoms with van der Waals surface area (Å²) >= 11 is 0. The lowest BCUT2D eigenvalue weighted by atomic mass is 9.72.